The summed E-state index contributed by atoms with van der Waals surface area (Å²) < 4.78 is 17.0. The minimum Gasteiger partial charge on any atom is -0.462 e. The normalized spacial score (nSPS) is 12.7. The highest BCUT2D eigenvalue weighted by Crippen LogP contribution is 2.18. The van der Waals surface area contributed by atoms with Gasteiger partial charge in [-0.3, -0.25) is 14.4 Å². The fourth-order valence-electron chi connectivity index (χ4n) is 10.3. The summed E-state index contributed by atoms with van der Waals surface area (Å²) in [5, 5.41) is 0. The molecule has 1 atom stereocenters. The number of carbonyl (C=O) groups excluding carboxylic acids is 3. The molecule has 0 radical (unpaired) electrons. The van der Waals surface area contributed by atoms with Crippen molar-refractivity contribution in [1.29, 1.82) is 0 Å². The average molecular weight is 1160 g/mol. The zero-order valence-electron chi connectivity index (χ0n) is 54.9. The van der Waals surface area contributed by atoms with Crippen LogP contribution in [-0.4, -0.2) is 37.2 Å². The first-order valence-corrected chi connectivity index (χ1v) is 35.7. The van der Waals surface area contributed by atoms with E-state index in [-0.39, 0.29) is 31.1 Å². The fraction of sp³-hybridized carbons (Fsp3) is 0.753. The van der Waals surface area contributed by atoms with Crippen LogP contribution < -0.4 is 0 Å². The van der Waals surface area contributed by atoms with Crippen molar-refractivity contribution in [2.24, 2.45) is 0 Å². The monoisotopic (exact) mass is 1160 g/mol. The van der Waals surface area contributed by atoms with Crippen LogP contribution >= 0.6 is 0 Å². The molecule has 478 valence electrons. The van der Waals surface area contributed by atoms with E-state index in [1.807, 2.05) is 0 Å². The second-order valence-corrected chi connectivity index (χ2v) is 23.7. The number of hydrogen-bond acceptors (Lipinski definition) is 6. The Labute approximate surface area is 515 Å². The summed E-state index contributed by atoms with van der Waals surface area (Å²) in [6.45, 7) is 6.46. The van der Waals surface area contributed by atoms with Gasteiger partial charge in [-0.1, -0.05) is 336 Å². The summed E-state index contributed by atoms with van der Waals surface area (Å²) in [6, 6.07) is 0. The van der Waals surface area contributed by atoms with Crippen LogP contribution in [0, 0.1) is 0 Å². The zero-order chi connectivity index (χ0) is 59.9. The van der Waals surface area contributed by atoms with Gasteiger partial charge < -0.3 is 14.2 Å². The largest absolute Gasteiger partial charge is 0.462 e. The molecule has 0 amide bonds. The third kappa shape index (κ3) is 69.0. The number of rotatable bonds is 65. The van der Waals surface area contributed by atoms with E-state index in [9.17, 15) is 14.4 Å². The van der Waals surface area contributed by atoms with Gasteiger partial charge in [0.05, 0.1) is 0 Å². The Bertz CT molecular complexity index is 1610. The van der Waals surface area contributed by atoms with Gasteiger partial charge in [-0.2, -0.15) is 0 Å². The minimum atomic E-state index is -0.782. The van der Waals surface area contributed by atoms with E-state index in [0.717, 1.165) is 116 Å². The number of ether oxygens (including phenoxy) is 3. The van der Waals surface area contributed by atoms with Crippen LogP contribution in [0.3, 0.4) is 0 Å². The number of carbonyl (C=O) groups is 3. The third-order valence-corrected chi connectivity index (χ3v) is 15.6. The number of esters is 3. The molecule has 6 nitrogen and oxygen atoms in total. The fourth-order valence-corrected chi connectivity index (χ4v) is 10.3. The van der Waals surface area contributed by atoms with E-state index in [1.54, 1.807) is 0 Å². The van der Waals surface area contributed by atoms with Crippen LogP contribution in [0.2, 0.25) is 0 Å². The van der Waals surface area contributed by atoms with Gasteiger partial charge in [0.25, 0.3) is 0 Å². The molecule has 0 heterocycles. The van der Waals surface area contributed by atoms with E-state index < -0.39 is 6.10 Å². The average Bonchev–Trinajstić information content (AvgIpc) is 3.49. The third-order valence-electron chi connectivity index (χ3n) is 15.6. The molecule has 6 heteroatoms. The molecule has 0 aromatic heterocycles. The Balaban J connectivity index is 4.25. The summed E-state index contributed by atoms with van der Waals surface area (Å²) in [5.74, 6) is -0.867. The number of hydrogen-bond donors (Lipinski definition) is 0. The maximum absolute atomic E-state index is 12.9. The maximum Gasteiger partial charge on any atom is 0.306 e. The first kappa shape index (κ1) is 79.3. The number of allylic oxidation sites excluding steroid dienone is 16. The molecule has 0 aliphatic rings. The predicted molar refractivity (Wildman–Crippen MR) is 362 cm³/mol. The Morgan fingerprint density at radius 1 is 0.253 bits per heavy atom. The maximum atomic E-state index is 12.9. The van der Waals surface area contributed by atoms with Gasteiger partial charge in [-0.15, -0.1) is 0 Å². The van der Waals surface area contributed by atoms with Gasteiger partial charge in [0.1, 0.15) is 13.2 Å². The number of unbranched alkanes of at least 4 members (excludes halogenated alkanes) is 38. The molecular weight excluding hydrogens is 1020 g/mol. The standard InChI is InChI=1S/C77H134O6/c1-4-7-10-13-16-19-22-25-28-31-32-33-34-35-36-37-38-39-40-41-42-43-44-47-49-52-55-58-61-64-67-70-76(79)82-73-74(83-77(80)71-68-65-62-59-56-53-50-46-30-27-24-21-18-15-12-9-6-3)72-81-75(78)69-66-63-60-57-54-51-48-45-29-26-23-20-17-14-11-8-5-2/h7,9-10,12,16,18-19,21,25,27-28,30,32-33,35-36,74H,4-6,8,11,13-15,17,20,22-24,26,29,31,34,37-73H2,1-3H3/b10-7-,12-9-,19-16-,21-18-,28-25-,30-27-,33-32-,36-35-. The van der Waals surface area contributed by atoms with E-state index in [1.165, 1.54) is 199 Å². The van der Waals surface area contributed by atoms with Gasteiger partial charge >= 0.3 is 17.9 Å². The SMILES string of the molecule is CC/C=C\C/C=C\C/C=C\C/C=C\C/C=C\CCCCCCCCCCCCCCCCCC(=O)OCC(COC(=O)CCCCCCCCCCCCCCCCCCC)OC(=O)CCCCCCCCC/C=C\C/C=C\C/C=C\CC. The van der Waals surface area contributed by atoms with Crippen LogP contribution in [0.15, 0.2) is 97.2 Å². The Hall–Kier alpha value is -3.67. The zero-order valence-corrected chi connectivity index (χ0v) is 54.9. The lowest BCUT2D eigenvalue weighted by molar-refractivity contribution is -0.167. The molecule has 83 heavy (non-hydrogen) atoms. The first-order valence-electron chi connectivity index (χ1n) is 35.7. The first-order chi connectivity index (χ1) is 41.0. The highest BCUT2D eigenvalue weighted by Gasteiger charge is 2.19. The van der Waals surface area contributed by atoms with E-state index >= 15 is 0 Å². The second kappa shape index (κ2) is 70.8. The molecule has 0 bridgehead atoms. The molecule has 1 unspecified atom stereocenters. The van der Waals surface area contributed by atoms with E-state index in [4.69, 9.17) is 14.2 Å². The quantitative estimate of drug-likeness (QED) is 0.0261. The van der Waals surface area contributed by atoms with Crippen LogP contribution in [0.1, 0.15) is 355 Å². The van der Waals surface area contributed by atoms with Gasteiger partial charge in [0.15, 0.2) is 6.10 Å². The molecule has 0 rings (SSSR count). The molecule has 0 fully saturated rings. The van der Waals surface area contributed by atoms with Crippen molar-refractivity contribution in [2.75, 3.05) is 13.2 Å². The van der Waals surface area contributed by atoms with Crippen LogP contribution in [-0.2, 0) is 28.6 Å². The molecule has 0 saturated carbocycles. The van der Waals surface area contributed by atoms with Crippen molar-refractivity contribution in [1.82, 2.24) is 0 Å². The highest BCUT2D eigenvalue weighted by atomic mass is 16.6. The van der Waals surface area contributed by atoms with Gasteiger partial charge in [0, 0.05) is 19.3 Å². The Morgan fingerprint density at radius 2 is 0.470 bits per heavy atom. The summed E-state index contributed by atoms with van der Waals surface area (Å²) in [7, 11) is 0. The van der Waals surface area contributed by atoms with Crippen LogP contribution in [0.25, 0.3) is 0 Å². The van der Waals surface area contributed by atoms with Crippen molar-refractivity contribution < 1.29 is 28.6 Å². The molecule has 0 aromatic rings. The lowest BCUT2D eigenvalue weighted by atomic mass is 10.0. The van der Waals surface area contributed by atoms with Crippen molar-refractivity contribution >= 4 is 17.9 Å². The molecule has 0 spiro atoms. The van der Waals surface area contributed by atoms with E-state index in [0.29, 0.717) is 19.3 Å². The summed E-state index contributed by atoms with van der Waals surface area (Å²) >= 11 is 0. The molecule has 0 N–H and O–H groups in total. The Morgan fingerprint density at radius 3 is 0.735 bits per heavy atom. The van der Waals surface area contributed by atoms with Crippen molar-refractivity contribution in [3.63, 3.8) is 0 Å². The van der Waals surface area contributed by atoms with Crippen molar-refractivity contribution in [3.05, 3.63) is 97.2 Å². The predicted octanol–water partition coefficient (Wildman–Crippen LogP) is 24.8. The Kier molecular flexibility index (Phi) is 67.7. The van der Waals surface area contributed by atoms with Gasteiger partial charge in [0.2, 0.25) is 0 Å². The van der Waals surface area contributed by atoms with Crippen LogP contribution in [0.4, 0.5) is 0 Å². The molecular formula is C77H134O6. The smallest absolute Gasteiger partial charge is 0.306 e. The summed E-state index contributed by atoms with van der Waals surface area (Å²) in [6.07, 6.45) is 95.8. The van der Waals surface area contributed by atoms with Gasteiger partial charge in [-0.05, 0) is 96.3 Å². The van der Waals surface area contributed by atoms with Gasteiger partial charge in [-0.25, -0.2) is 0 Å². The molecule has 0 aliphatic heterocycles. The molecule has 0 aliphatic carbocycles. The summed E-state index contributed by atoms with van der Waals surface area (Å²) in [5.41, 5.74) is 0. The van der Waals surface area contributed by atoms with Crippen LogP contribution in [0.5, 0.6) is 0 Å². The minimum absolute atomic E-state index is 0.0766. The topological polar surface area (TPSA) is 78.9 Å². The molecule has 0 saturated heterocycles. The van der Waals surface area contributed by atoms with Crippen molar-refractivity contribution in [2.45, 2.75) is 361 Å². The lowest BCUT2D eigenvalue weighted by Crippen LogP contribution is -2.30. The van der Waals surface area contributed by atoms with Crippen molar-refractivity contribution in [3.8, 4) is 0 Å². The highest BCUT2D eigenvalue weighted by molar-refractivity contribution is 5.71. The summed E-state index contributed by atoms with van der Waals surface area (Å²) in [4.78, 5) is 38.5. The molecule has 0 aromatic carbocycles. The lowest BCUT2D eigenvalue weighted by Gasteiger charge is -2.18. The van der Waals surface area contributed by atoms with E-state index in [2.05, 4.69) is 118 Å². The second-order valence-electron chi connectivity index (χ2n) is 23.7.